The third-order valence-electron chi connectivity index (χ3n) is 3.11. The summed E-state index contributed by atoms with van der Waals surface area (Å²) in [6, 6.07) is 8.70. The molecule has 1 heterocycles. The van der Waals surface area contributed by atoms with E-state index in [1.807, 2.05) is 7.05 Å². The molecule has 2 nitrogen and oxygen atoms in total. The van der Waals surface area contributed by atoms with Crippen LogP contribution in [0, 0.1) is 0 Å². The highest BCUT2D eigenvalue weighted by Crippen LogP contribution is 2.22. The number of nitrogens with zero attached hydrogens (tertiary/aromatic N) is 1. The first kappa shape index (κ1) is 10.3. The zero-order valence-corrected chi connectivity index (χ0v) is 9.50. The number of hydrogen-bond acceptors (Lipinski definition) is 2. The van der Waals surface area contributed by atoms with Gasteiger partial charge in [0, 0.05) is 31.5 Å². The van der Waals surface area contributed by atoms with Crippen LogP contribution >= 0.6 is 0 Å². The Balaban J connectivity index is 2.12. The SMILES string of the molecule is CNc1cccc(N2CCCCCC2)c1. The van der Waals surface area contributed by atoms with E-state index in [0.29, 0.717) is 0 Å². The Labute approximate surface area is 92.3 Å². The summed E-state index contributed by atoms with van der Waals surface area (Å²) >= 11 is 0. The standard InChI is InChI=1S/C13H20N2/c1-14-12-7-6-8-13(11-12)15-9-4-2-3-5-10-15/h6-8,11,14H,2-5,9-10H2,1H3. The molecular weight excluding hydrogens is 184 g/mol. The first-order valence-electron chi connectivity index (χ1n) is 5.93. The zero-order valence-electron chi connectivity index (χ0n) is 9.50. The van der Waals surface area contributed by atoms with Crippen LogP contribution in [0.3, 0.4) is 0 Å². The molecule has 2 rings (SSSR count). The van der Waals surface area contributed by atoms with Gasteiger partial charge in [-0.2, -0.15) is 0 Å². The molecule has 2 heteroatoms. The van der Waals surface area contributed by atoms with Crippen molar-refractivity contribution >= 4 is 11.4 Å². The second-order valence-corrected chi connectivity index (χ2v) is 4.20. The number of rotatable bonds is 2. The van der Waals surface area contributed by atoms with Crippen molar-refractivity contribution in [2.24, 2.45) is 0 Å². The van der Waals surface area contributed by atoms with Gasteiger partial charge in [-0.3, -0.25) is 0 Å². The van der Waals surface area contributed by atoms with Crippen LogP contribution in [0.1, 0.15) is 25.7 Å². The van der Waals surface area contributed by atoms with Gasteiger partial charge >= 0.3 is 0 Å². The molecule has 0 amide bonds. The topological polar surface area (TPSA) is 15.3 Å². The van der Waals surface area contributed by atoms with E-state index < -0.39 is 0 Å². The van der Waals surface area contributed by atoms with Crippen LogP contribution in [-0.4, -0.2) is 20.1 Å². The third kappa shape index (κ3) is 2.65. The molecule has 15 heavy (non-hydrogen) atoms. The molecule has 0 atom stereocenters. The number of benzene rings is 1. The van der Waals surface area contributed by atoms with E-state index in [1.54, 1.807) is 0 Å². The van der Waals surface area contributed by atoms with Gasteiger partial charge in [-0.15, -0.1) is 0 Å². The van der Waals surface area contributed by atoms with Gasteiger partial charge in [0.15, 0.2) is 0 Å². The molecular formula is C13H20N2. The Morgan fingerprint density at radius 3 is 2.47 bits per heavy atom. The lowest BCUT2D eigenvalue weighted by molar-refractivity contribution is 0.726. The highest BCUT2D eigenvalue weighted by Gasteiger charge is 2.09. The summed E-state index contributed by atoms with van der Waals surface area (Å²) in [5, 5.41) is 3.20. The Bertz CT molecular complexity index is 301. The van der Waals surface area contributed by atoms with E-state index in [2.05, 4.69) is 34.5 Å². The van der Waals surface area contributed by atoms with Gasteiger partial charge in [0.2, 0.25) is 0 Å². The van der Waals surface area contributed by atoms with Gasteiger partial charge < -0.3 is 10.2 Å². The molecule has 0 aliphatic carbocycles. The highest BCUT2D eigenvalue weighted by molar-refractivity contribution is 5.57. The van der Waals surface area contributed by atoms with E-state index in [1.165, 1.54) is 50.1 Å². The first-order valence-corrected chi connectivity index (χ1v) is 5.93. The molecule has 1 aliphatic rings. The summed E-state index contributed by atoms with van der Waals surface area (Å²) in [5.74, 6) is 0. The molecule has 0 unspecified atom stereocenters. The molecule has 1 aliphatic heterocycles. The van der Waals surface area contributed by atoms with Crippen LogP contribution in [0.2, 0.25) is 0 Å². The zero-order chi connectivity index (χ0) is 10.5. The monoisotopic (exact) mass is 204 g/mol. The molecule has 82 valence electrons. The van der Waals surface area contributed by atoms with Crippen molar-refractivity contribution in [3.05, 3.63) is 24.3 Å². The van der Waals surface area contributed by atoms with Gasteiger partial charge in [0.05, 0.1) is 0 Å². The summed E-state index contributed by atoms with van der Waals surface area (Å²) in [5.41, 5.74) is 2.57. The van der Waals surface area contributed by atoms with E-state index in [0.717, 1.165) is 0 Å². The van der Waals surface area contributed by atoms with Gasteiger partial charge in [-0.1, -0.05) is 18.9 Å². The van der Waals surface area contributed by atoms with Crippen LogP contribution < -0.4 is 10.2 Å². The average Bonchev–Trinajstić information content (AvgIpc) is 2.58. The molecule has 0 bridgehead atoms. The smallest absolute Gasteiger partial charge is 0.0386 e. The normalized spacial score (nSPS) is 17.3. The minimum Gasteiger partial charge on any atom is -0.388 e. The fraction of sp³-hybridized carbons (Fsp3) is 0.538. The van der Waals surface area contributed by atoms with Crippen molar-refractivity contribution in [3.63, 3.8) is 0 Å². The lowest BCUT2D eigenvalue weighted by Gasteiger charge is -2.23. The van der Waals surface area contributed by atoms with E-state index in [4.69, 9.17) is 0 Å². The predicted molar refractivity (Wildman–Crippen MR) is 66.7 cm³/mol. The minimum absolute atomic E-state index is 1.21. The van der Waals surface area contributed by atoms with Gasteiger partial charge in [-0.05, 0) is 31.0 Å². The highest BCUT2D eigenvalue weighted by atomic mass is 15.1. The third-order valence-corrected chi connectivity index (χ3v) is 3.11. The summed E-state index contributed by atoms with van der Waals surface area (Å²) in [6.45, 7) is 2.43. The maximum atomic E-state index is 3.20. The summed E-state index contributed by atoms with van der Waals surface area (Å²) < 4.78 is 0. The molecule has 1 saturated heterocycles. The summed E-state index contributed by atoms with van der Waals surface area (Å²) in [4.78, 5) is 2.51. The number of hydrogen-bond donors (Lipinski definition) is 1. The van der Waals surface area contributed by atoms with Crippen LogP contribution in [-0.2, 0) is 0 Å². The van der Waals surface area contributed by atoms with Crippen molar-refractivity contribution in [2.45, 2.75) is 25.7 Å². The molecule has 1 aromatic rings. The lowest BCUT2D eigenvalue weighted by atomic mass is 10.2. The largest absolute Gasteiger partial charge is 0.388 e. The molecule has 1 N–H and O–H groups in total. The van der Waals surface area contributed by atoms with Crippen molar-refractivity contribution in [3.8, 4) is 0 Å². The maximum absolute atomic E-state index is 3.20. The number of anilines is 2. The van der Waals surface area contributed by atoms with Gasteiger partial charge in [0.1, 0.15) is 0 Å². The van der Waals surface area contributed by atoms with E-state index >= 15 is 0 Å². The summed E-state index contributed by atoms with van der Waals surface area (Å²) in [7, 11) is 1.97. The van der Waals surface area contributed by atoms with Crippen molar-refractivity contribution < 1.29 is 0 Å². The van der Waals surface area contributed by atoms with Crippen molar-refractivity contribution in [2.75, 3.05) is 30.4 Å². The molecule has 0 aromatic heterocycles. The van der Waals surface area contributed by atoms with E-state index in [-0.39, 0.29) is 0 Å². The lowest BCUT2D eigenvalue weighted by Crippen LogP contribution is -2.23. The maximum Gasteiger partial charge on any atom is 0.0386 e. The molecule has 1 fully saturated rings. The summed E-state index contributed by atoms with van der Waals surface area (Å²) in [6.07, 6.45) is 5.46. The molecule has 0 spiro atoms. The fourth-order valence-electron chi connectivity index (χ4n) is 2.19. The van der Waals surface area contributed by atoms with Crippen LogP contribution in [0.4, 0.5) is 11.4 Å². The average molecular weight is 204 g/mol. The quantitative estimate of drug-likeness (QED) is 0.796. The van der Waals surface area contributed by atoms with Crippen LogP contribution in [0.25, 0.3) is 0 Å². The van der Waals surface area contributed by atoms with Gasteiger partial charge in [0.25, 0.3) is 0 Å². The first-order chi connectivity index (χ1) is 7.40. The second-order valence-electron chi connectivity index (χ2n) is 4.20. The predicted octanol–water partition coefficient (Wildman–Crippen LogP) is 3.11. The van der Waals surface area contributed by atoms with Gasteiger partial charge in [-0.25, -0.2) is 0 Å². The van der Waals surface area contributed by atoms with Crippen molar-refractivity contribution in [1.82, 2.24) is 0 Å². The Hall–Kier alpha value is -1.18. The Morgan fingerprint density at radius 1 is 1.07 bits per heavy atom. The number of nitrogens with one attached hydrogen (secondary N) is 1. The Morgan fingerprint density at radius 2 is 1.80 bits per heavy atom. The van der Waals surface area contributed by atoms with Crippen LogP contribution in [0.15, 0.2) is 24.3 Å². The van der Waals surface area contributed by atoms with Crippen LogP contribution in [0.5, 0.6) is 0 Å². The van der Waals surface area contributed by atoms with E-state index in [9.17, 15) is 0 Å². The second kappa shape index (κ2) is 5.06. The fourth-order valence-corrected chi connectivity index (χ4v) is 2.19. The molecule has 1 aromatic carbocycles. The molecule has 0 radical (unpaired) electrons. The Kier molecular flexibility index (Phi) is 3.49. The molecule has 0 saturated carbocycles. The van der Waals surface area contributed by atoms with Crippen molar-refractivity contribution in [1.29, 1.82) is 0 Å². The minimum atomic E-state index is 1.21.